The highest BCUT2D eigenvalue weighted by molar-refractivity contribution is 5.98. The standard InChI is InChI=1S/C42H52N10O11/c1-22(2)13-33(42(62)63)48-36(56)19-45-37(57)30(14-23-7-9-26(54)10-8-23)49-41(61)34(20-53)52-39(59)31(15-24-17-44-28-6-4-3-5-27(24)28)50-40(60)32(16-25-18-43-21-46-25)51-38(58)29-11-12-35(55)47-29/h3-10,17-18,21-22,29-34,44,53-54H,11-16,19-20H2,1-2H3,(H,43,46)(H,45,57)(H,47,55)(H,48,56)(H,49,61)(H,50,60)(H,51,58)(H,52,59)(H,62,63). The molecule has 1 fully saturated rings. The van der Waals surface area contributed by atoms with Gasteiger partial charge >= 0.3 is 5.97 Å². The summed E-state index contributed by atoms with van der Waals surface area (Å²) in [6, 6.07) is 5.04. The Balaban J connectivity index is 1.34. The van der Waals surface area contributed by atoms with Gasteiger partial charge in [-0.05, 0) is 48.1 Å². The van der Waals surface area contributed by atoms with Gasteiger partial charge in [-0.3, -0.25) is 33.6 Å². The number of imidazole rings is 1. The average molecular weight is 873 g/mol. The fourth-order valence-corrected chi connectivity index (χ4v) is 6.95. The van der Waals surface area contributed by atoms with E-state index in [1.807, 2.05) is 6.07 Å². The summed E-state index contributed by atoms with van der Waals surface area (Å²) in [4.78, 5) is 115. The van der Waals surface area contributed by atoms with Gasteiger partial charge in [0.05, 0.1) is 25.2 Å². The summed E-state index contributed by atoms with van der Waals surface area (Å²) in [5.41, 5.74) is 2.22. The number of aromatic nitrogens is 3. The second-order valence-corrected chi connectivity index (χ2v) is 15.6. The maximum absolute atomic E-state index is 14.2. The van der Waals surface area contributed by atoms with E-state index in [-0.39, 0.29) is 56.1 Å². The van der Waals surface area contributed by atoms with E-state index in [0.29, 0.717) is 16.8 Å². The third-order valence-corrected chi connectivity index (χ3v) is 10.2. The first-order valence-electron chi connectivity index (χ1n) is 20.3. The molecule has 1 saturated heterocycles. The molecule has 21 heteroatoms. The van der Waals surface area contributed by atoms with Crippen LogP contribution in [0.1, 0.15) is 49.9 Å². The van der Waals surface area contributed by atoms with E-state index in [2.05, 4.69) is 52.2 Å². The maximum atomic E-state index is 14.2. The molecular weight excluding hydrogens is 821 g/mol. The van der Waals surface area contributed by atoms with Gasteiger partial charge in [-0.1, -0.05) is 44.2 Å². The van der Waals surface area contributed by atoms with Crippen LogP contribution in [-0.4, -0.2) is 127 Å². The van der Waals surface area contributed by atoms with Gasteiger partial charge in [0.2, 0.25) is 41.4 Å². The van der Waals surface area contributed by atoms with E-state index in [1.54, 1.807) is 38.2 Å². The second kappa shape index (κ2) is 22.0. The van der Waals surface area contributed by atoms with Gasteiger partial charge in [0.15, 0.2) is 0 Å². The third kappa shape index (κ3) is 13.6. The lowest BCUT2D eigenvalue weighted by atomic mass is 10.0. The Morgan fingerprint density at radius 1 is 0.778 bits per heavy atom. The molecule has 0 saturated carbocycles. The van der Waals surface area contributed by atoms with Crippen LogP contribution in [0.2, 0.25) is 0 Å². The lowest BCUT2D eigenvalue weighted by Crippen LogP contribution is -2.60. The van der Waals surface area contributed by atoms with Crippen LogP contribution in [0, 0.1) is 5.92 Å². The molecule has 6 unspecified atom stereocenters. The molecule has 12 N–H and O–H groups in total. The Morgan fingerprint density at radius 2 is 1.43 bits per heavy atom. The summed E-state index contributed by atoms with van der Waals surface area (Å²) in [6.07, 6.45) is 4.64. The topological polar surface area (TPSA) is 326 Å². The highest BCUT2D eigenvalue weighted by Gasteiger charge is 2.35. The smallest absolute Gasteiger partial charge is 0.326 e. The fourth-order valence-electron chi connectivity index (χ4n) is 6.95. The summed E-state index contributed by atoms with van der Waals surface area (Å²) >= 11 is 0. The molecule has 63 heavy (non-hydrogen) atoms. The van der Waals surface area contributed by atoms with Gasteiger partial charge < -0.3 is 62.5 Å². The molecule has 3 heterocycles. The summed E-state index contributed by atoms with van der Waals surface area (Å²) in [6.45, 7) is 1.96. The number of aromatic amines is 2. The first-order valence-corrected chi connectivity index (χ1v) is 20.3. The monoisotopic (exact) mass is 872 g/mol. The molecule has 0 spiro atoms. The lowest BCUT2D eigenvalue weighted by Gasteiger charge is -2.26. The number of aliphatic hydroxyl groups excluding tert-OH is 1. The molecule has 5 rings (SSSR count). The largest absolute Gasteiger partial charge is 0.508 e. The lowest BCUT2D eigenvalue weighted by molar-refractivity contribution is -0.142. The summed E-state index contributed by atoms with van der Waals surface area (Å²) in [5, 5.41) is 48.0. The van der Waals surface area contributed by atoms with Crippen molar-refractivity contribution >= 4 is 58.2 Å². The molecule has 0 bridgehead atoms. The number of rotatable bonds is 22. The summed E-state index contributed by atoms with van der Waals surface area (Å²) in [5.74, 6) is -6.70. The normalized spacial score (nSPS) is 15.9. The van der Waals surface area contributed by atoms with Crippen LogP contribution in [0.3, 0.4) is 0 Å². The number of nitrogens with one attached hydrogen (secondary N) is 9. The molecular formula is C42H52N10O11. The summed E-state index contributed by atoms with van der Waals surface area (Å²) < 4.78 is 0. The molecule has 336 valence electrons. The minimum atomic E-state index is -1.68. The Morgan fingerprint density at radius 3 is 2.05 bits per heavy atom. The van der Waals surface area contributed by atoms with Crippen molar-refractivity contribution in [3.05, 3.63) is 84.1 Å². The van der Waals surface area contributed by atoms with E-state index in [9.17, 15) is 53.7 Å². The van der Waals surface area contributed by atoms with Gasteiger partial charge in [-0.25, -0.2) is 9.78 Å². The first-order chi connectivity index (χ1) is 30.1. The molecule has 7 amide bonds. The highest BCUT2D eigenvalue weighted by Crippen LogP contribution is 2.20. The van der Waals surface area contributed by atoms with Crippen LogP contribution < -0.4 is 37.2 Å². The Kier molecular flexibility index (Phi) is 16.3. The fraction of sp³-hybridized carbons (Fsp3) is 0.405. The van der Waals surface area contributed by atoms with E-state index >= 15 is 0 Å². The first kappa shape index (κ1) is 46.8. The van der Waals surface area contributed by atoms with Crippen LogP contribution in [0.15, 0.2) is 67.3 Å². The van der Waals surface area contributed by atoms with Crippen molar-refractivity contribution < 1.29 is 53.7 Å². The van der Waals surface area contributed by atoms with Crippen molar-refractivity contribution in [2.24, 2.45) is 5.92 Å². The molecule has 6 atom stereocenters. The van der Waals surface area contributed by atoms with Crippen molar-refractivity contribution in [3.63, 3.8) is 0 Å². The van der Waals surface area contributed by atoms with Gasteiger partial charge in [0.1, 0.15) is 42.0 Å². The average Bonchev–Trinajstić information content (AvgIpc) is 4.03. The minimum Gasteiger partial charge on any atom is -0.508 e. The number of carbonyl (C=O) groups is 8. The van der Waals surface area contributed by atoms with Crippen LogP contribution >= 0.6 is 0 Å². The van der Waals surface area contributed by atoms with Crippen molar-refractivity contribution in [2.45, 2.75) is 88.6 Å². The highest BCUT2D eigenvalue weighted by atomic mass is 16.4. The molecule has 1 aliphatic rings. The van der Waals surface area contributed by atoms with Gasteiger partial charge in [0, 0.05) is 49.0 Å². The van der Waals surface area contributed by atoms with Crippen molar-refractivity contribution in [1.29, 1.82) is 0 Å². The number of H-pyrrole nitrogens is 2. The Bertz CT molecular complexity index is 2260. The predicted octanol–water partition coefficient (Wildman–Crippen LogP) is -1.43. The molecule has 4 aromatic rings. The number of aliphatic carboxylic acids is 1. The molecule has 1 aliphatic heterocycles. The van der Waals surface area contributed by atoms with Gasteiger partial charge in [-0.2, -0.15) is 0 Å². The zero-order chi connectivity index (χ0) is 45.6. The van der Waals surface area contributed by atoms with Crippen LogP contribution in [0.4, 0.5) is 0 Å². The van der Waals surface area contributed by atoms with E-state index in [1.165, 1.54) is 36.8 Å². The zero-order valence-electron chi connectivity index (χ0n) is 34.6. The number of phenolic OH excluding ortho intramolecular Hbond substituents is 1. The number of aliphatic hydroxyl groups is 1. The molecule has 0 aliphatic carbocycles. The van der Waals surface area contributed by atoms with Crippen molar-refractivity contribution in [1.82, 2.24) is 52.2 Å². The number of fused-ring (bicyclic) bond motifs is 1. The number of phenols is 1. The number of hydrogen-bond acceptors (Lipinski definition) is 11. The maximum Gasteiger partial charge on any atom is 0.326 e. The zero-order valence-corrected chi connectivity index (χ0v) is 34.6. The van der Waals surface area contributed by atoms with E-state index in [0.717, 1.165) is 10.9 Å². The van der Waals surface area contributed by atoms with Gasteiger partial charge in [0.25, 0.3) is 0 Å². The number of amides is 7. The van der Waals surface area contributed by atoms with Crippen LogP contribution in [-0.2, 0) is 57.6 Å². The number of nitrogens with zero attached hydrogens (tertiary/aromatic N) is 1. The third-order valence-electron chi connectivity index (χ3n) is 10.2. The quantitative estimate of drug-likeness (QED) is 0.0433. The van der Waals surface area contributed by atoms with E-state index < -0.39 is 90.8 Å². The van der Waals surface area contributed by atoms with Crippen LogP contribution in [0.5, 0.6) is 5.75 Å². The number of para-hydroxylation sites is 1. The molecule has 21 nitrogen and oxygen atoms in total. The molecule has 2 aromatic heterocycles. The minimum absolute atomic E-state index is 0.0592. The summed E-state index contributed by atoms with van der Waals surface area (Å²) in [7, 11) is 0. The predicted molar refractivity (Wildman–Crippen MR) is 224 cm³/mol. The van der Waals surface area contributed by atoms with Crippen molar-refractivity contribution in [3.8, 4) is 5.75 Å². The molecule has 0 radical (unpaired) electrons. The van der Waals surface area contributed by atoms with Crippen LogP contribution in [0.25, 0.3) is 10.9 Å². The number of aromatic hydroxyl groups is 1. The Hall–Kier alpha value is -7.29. The number of carbonyl (C=O) groups excluding carboxylic acids is 7. The van der Waals surface area contributed by atoms with Crippen molar-refractivity contribution in [2.75, 3.05) is 13.2 Å². The number of hydrogen-bond donors (Lipinski definition) is 12. The number of carboxylic acids is 1. The van der Waals surface area contributed by atoms with Gasteiger partial charge in [-0.15, -0.1) is 0 Å². The second-order valence-electron chi connectivity index (χ2n) is 15.6. The SMILES string of the molecule is CC(C)CC(NC(=O)CNC(=O)C(Cc1ccc(O)cc1)NC(=O)C(CO)NC(=O)C(Cc1c[nH]c2ccccc12)NC(=O)C(Cc1c[nH]cn1)NC(=O)C1CCC(=O)N1)C(=O)O. The molecule has 2 aromatic carbocycles. The number of benzene rings is 2. The Labute approximate surface area is 361 Å². The van der Waals surface area contributed by atoms with E-state index in [4.69, 9.17) is 0 Å². The number of carboxylic acid groups (broad SMARTS) is 1.